The highest BCUT2D eigenvalue weighted by atomic mass is 32.1. The number of thiocarbonyl (C=S) groups is 1. The van der Waals surface area contributed by atoms with E-state index in [-0.39, 0.29) is 30.9 Å². The minimum atomic E-state index is -0.990. The third-order valence-electron chi connectivity index (χ3n) is 7.97. The molecule has 2 amide bonds. The first kappa shape index (κ1) is 27.7. The molecule has 2 aliphatic rings. The summed E-state index contributed by atoms with van der Waals surface area (Å²) >= 11 is 5.63. The van der Waals surface area contributed by atoms with Crippen LogP contribution in [0.25, 0.3) is 0 Å². The van der Waals surface area contributed by atoms with Crippen molar-refractivity contribution in [2.75, 3.05) is 37.4 Å². The van der Waals surface area contributed by atoms with Crippen molar-refractivity contribution in [2.45, 2.75) is 50.2 Å². The number of hydrogen-bond donors (Lipinski definition) is 2. The molecule has 0 unspecified atom stereocenters. The summed E-state index contributed by atoms with van der Waals surface area (Å²) in [4.78, 5) is 33.9. The van der Waals surface area contributed by atoms with E-state index in [2.05, 4.69) is 22.8 Å². The number of hydrogen-bond acceptors (Lipinski definition) is 5. The molecule has 1 aliphatic carbocycles. The maximum Gasteiger partial charge on any atom is 0.250 e. The first-order valence-electron chi connectivity index (χ1n) is 13.9. The number of anilines is 2. The number of carbonyl (C=O) groups excluding carboxylic acids is 2. The molecular formula is C31H37N5O3S. The molecule has 1 saturated carbocycles. The molecule has 9 heteroatoms. The minimum Gasteiger partial charge on any atom is -0.467 e. The molecule has 0 bridgehead atoms. The molecule has 1 aromatic heterocycles. The van der Waals surface area contributed by atoms with Gasteiger partial charge >= 0.3 is 0 Å². The van der Waals surface area contributed by atoms with Crippen molar-refractivity contribution < 1.29 is 14.0 Å². The second kappa shape index (κ2) is 12.1. The van der Waals surface area contributed by atoms with Gasteiger partial charge in [-0.3, -0.25) is 9.59 Å². The Hall–Kier alpha value is -3.85. The van der Waals surface area contributed by atoms with Gasteiger partial charge in [-0.1, -0.05) is 49.6 Å². The van der Waals surface area contributed by atoms with Crippen molar-refractivity contribution in [3.63, 3.8) is 0 Å². The first-order chi connectivity index (χ1) is 19.4. The number of rotatable bonds is 9. The van der Waals surface area contributed by atoms with Crippen LogP contribution in [0.3, 0.4) is 0 Å². The average molecular weight is 560 g/mol. The Morgan fingerprint density at radius 1 is 1.02 bits per heavy atom. The summed E-state index contributed by atoms with van der Waals surface area (Å²) in [5.41, 5.74) is 1.89. The maximum atomic E-state index is 14.2. The topological polar surface area (TPSA) is 81.1 Å². The Kier molecular flexibility index (Phi) is 8.40. The number of furan rings is 1. The van der Waals surface area contributed by atoms with Gasteiger partial charge < -0.3 is 29.8 Å². The molecule has 1 atom stereocenters. The fourth-order valence-corrected chi connectivity index (χ4v) is 6.01. The van der Waals surface area contributed by atoms with E-state index >= 15 is 0 Å². The van der Waals surface area contributed by atoms with Gasteiger partial charge in [0.25, 0.3) is 0 Å². The number of benzene rings is 2. The Bertz CT molecular complexity index is 1300. The number of carbonyl (C=O) groups is 2. The van der Waals surface area contributed by atoms with Gasteiger partial charge in [0.2, 0.25) is 11.8 Å². The van der Waals surface area contributed by atoms with E-state index in [1.807, 2.05) is 78.5 Å². The Morgan fingerprint density at radius 2 is 1.75 bits per heavy atom. The van der Waals surface area contributed by atoms with Gasteiger partial charge in [0.05, 0.1) is 25.4 Å². The summed E-state index contributed by atoms with van der Waals surface area (Å²) in [5.74, 6) is 0.342. The molecule has 1 aliphatic heterocycles. The predicted molar refractivity (Wildman–Crippen MR) is 161 cm³/mol. The fourth-order valence-electron chi connectivity index (χ4n) is 5.73. The van der Waals surface area contributed by atoms with Crippen molar-refractivity contribution >= 4 is 40.5 Å². The van der Waals surface area contributed by atoms with Gasteiger partial charge in [-0.2, -0.15) is 0 Å². The van der Waals surface area contributed by atoms with E-state index < -0.39 is 5.54 Å². The molecule has 0 radical (unpaired) electrons. The zero-order valence-electron chi connectivity index (χ0n) is 23.1. The van der Waals surface area contributed by atoms with E-state index in [1.165, 1.54) is 0 Å². The SMILES string of the molecule is CN(C)c1ccc(NC(=O)C2(N(Cc3ccco3)C(=O)CN3C[C@H](c4ccccc4)NC3=S)CCCCC2)cc1. The van der Waals surface area contributed by atoms with Crippen molar-refractivity contribution in [3.8, 4) is 0 Å². The molecule has 2 aromatic carbocycles. The van der Waals surface area contributed by atoms with Crippen LogP contribution in [-0.4, -0.2) is 59.5 Å². The van der Waals surface area contributed by atoms with Crippen LogP contribution in [-0.2, 0) is 16.1 Å². The van der Waals surface area contributed by atoms with Crippen LogP contribution in [0.5, 0.6) is 0 Å². The highest BCUT2D eigenvalue weighted by Crippen LogP contribution is 2.37. The lowest BCUT2D eigenvalue weighted by Crippen LogP contribution is -2.61. The lowest BCUT2D eigenvalue weighted by molar-refractivity contribution is -0.149. The Labute approximate surface area is 241 Å². The van der Waals surface area contributed by atoms with Gasteiger partial charge in [-0.15, -0.1) is 0 Å². The van der Waals surface area contributed by atoms with Gasteiger partial charge in [0.1, 0.15) is 11.3 Å². The summed E-state index contributed by atoms with van der Waals surface area (Å²) in [6.45, 7) is 0.887. The second-order valence-electron chi connectivity index (χ2n) is 10.8. The molecule has 40 heavy (non-hydrogen) atoms. The second-order valence-corrected chi connectivity index (χ2v) is 11.2. The maximum absolute atomic E-state index is 14.2. The smallest absolute Gasteiger partial charge is 0.250 e. The van der Waals surface area contributed by atoms with Crippen LogP contribution in [0.1, 0.15) is 49.5 Å². The fraction of sp³-hybridized carbons (Fsp3) is 0.387. The lowest BCUT2D eigenvalue weighted by Gasteiger charge is -2.45. The van der Waals surface area contributed by atoms with Crippen LogP contribution in [0, 0.1) is 0 Å². The number of amides is 2. The molecular weight excluding hydrogens is 522 g/mol. The van der Waals surface area contributed by atoms with Crippen molar-refractivity contribution in [1.82, 2.24) is 15.1 Å². The van der Waals surface area contributed by atoms with E-state index in [4.69, 9.17) is 16.6 Å². The Balaban J connectivity index is 1.40. The average Bonchev–Trinajstić information content (AvgIpc) is 3.62. The number of nitrogens with one attached hydrogen (secondary N) is 2. The monoisotopic (exact) mass is 559 g/mol. The highest BCUT2D eigenvalue weighted by molar-refractivity contribution is 7.80. The normalized spacial score (nSPS) is 18.2. The molecule has 2 N–H and O–H groups in total. The third-order valence-corrected chi connectivity index (χ3v) is 8.35. The van der Waals surface area contributed by atoms with Crippen molar-refractivity contribution in [2.24, 2.45) is 0 Å². The minimum absolute atomic E-state index is 0.0112. The molecule has 2 fully saturated rings. The Morgan fingerprint density at radius 3 is 2.40 bits per heavy atom. The van der Waals surface area contributed by atoms with Crippen LogP contribution in [0.4, 0.5) is 11.4 Å². The molecule has 3 aromatic rings. The summed E-state index contributed by atoms with van der Waals surface area (Å²) in [6.07, 6.45) is 5.56. The van der Waals surface area contributed by atoms with Gasteiger partial charge in [0, 0.05) is 32.0 Å². The molecule has 210 valence electrons. The quantitative estimate of drug-likeness (QED) is 0.359. The van der Waals surface area contributed by atoms with E-state index in [9.17, 15) is 9.59 Å². The summed E-state index contributed by atoms with van der Waals surface area (Å²) < 4.78 is 5.67. The van der Waals surface area contributed by atoms with E-state index in [1.54, 1.807) is 11.2 Å². The standard InChI is InChI=1S/C31H37N5O3S/c1-34(2)25-15-13-24(14-16-25)32-29(38)31(17-7-4-8-18-31)36(20-26-12-9-19-39-26)28(37)22-35-21-27(33-30(35)40)23-10-5-3-6-11-23/h3,5-6,9-16,19,27H,4,7-8,17-18,20-22H2,1-2H3,(H,32,38)(H,33,40)/t27-/m1/s1. The van der Waals surface area contributed by atoms with Crippen LogP contribution in [0.2, 0.25) is 0 Å². The molecule has 0 spiro atoms. The first-order valence-corrected chi connectivity index (χ1v) is 14.3. The van der Waals surface area contributed by atoms with Crippen molar-refractivity contribution in [3.05, 3.63) is 84.3 Å². The summed E-state index contributed by atoms with van der Waals surface area (Å²) in [7, 11) is 3.96. The molecule has 5 rings (SSSR count). The van der Waals surface area contributed by atoms with Gasteiger partial charge in [0.15, 0.2) is 5.11 Å². The predicted octanol–water partition coefficient (Wildman–Crippen LogP) is 4.95. The largest absolute Gasteiger partial charge is 0.467 e. The zero-order chi connectivity index (χ0) is 28.1. The van der Waals surface area contributed by atoms with Crippen LogP contribution < -0.4 is 15.5 Å². The van der Waals surface area contributed by atoms with Crippen molar-refractivity contribution in [1.29, 1.82) is 0 Å². The zero-order valence-corrected chi connectivity index (χ0v) is 24.0. The summed E-state index contributed by atoms with van der Waals surface area (Å²) in [5, 5.41) is 7.03. The van der Waals surface area contributed by atoms with Gasteiger partial charge in [-0.05, 0) is 67.0 Å². The molecule has 2 heterocycles. The van der Waals surface area contributed by atoms with Gasteiger partial charge in [-0.25, -0.2) is 0 Å². The number of nitrogens with zero attached hydrogens (tertiary/aromatic N) is 3. The van der Waals surface area contributed by atoms with Crippen LogP contribution >= 0.6 is 12.2 Å². The molecule has 8 nitrogen and oxygen atoms in total. The van der Waals surface area contributed by atoms with Crippen LogP contribution in [0.15, 0.2) is 77.4 Å². The highest BCUT2D eigenvalue weighted by Gasteiger charge is 2.48. The lowest BCUT2D eigenvalue weighted by atomic mass is 9.79. The third kappa shape index (κ3) is 5.99. The summed E-state index contributed by atoms with van der Waals surface area (Å²) in [6, 6.07) is 21.5. The van der Waals surface area contributed by atoms with E-state index in [0.717, 1.165) is 30.5 Å². The van der Waals surface area contributed by atoms with E-state index in [0.29, 0.717) is 35.9 Å². The molecule has 1 saturated heterocycles.